The molecule has 1 aliphatic rings. The summed E-state index contributed by atoms with van der Waals surface area (Å²) in [6.07, 6.45) is -8.57. The highest BCUT2D eigenvalue weighted by atomic mass is 19.4. The van der Waals surface area contributed by atoms with Crippen molar-refractivity contribution in [1.29, 1.82) is 0 Å². The van der Waals surface area contributed by atoms with Crippen LogP contribution in [0.5, 0.6) is 5.75 Å². The largest absolute Gasteiger partial charge is 0.484 e. The number of ether oxygens (including phenoxy) is 1. The standard InChI is InChI=1S/C23H18F7N5O3/c1-11-16(9-32-20(11)36)21(37)33-19-7-17(12-4-13(24)6-15(5-12)38-10-22(25,26)27)35(34-19)14-2-3-18(31-8-14)23(28,29)30/h2-8,11,16H,9-10H2,1H3,(H,32,36)(H,33,34,37)/t11-,16+/m1/s1. The minimum absolute atomic E-state index is 0.00751. The Kier molecular flexibility index (Phi) is 7.04. The van der Waals surface area contributed by atoms with Gasteiger partial charge in [-0.3, -0.25) is 9.59 Å². The van der Waals surface area contributed by atoms with Crippen LogP contribution in [0.3, 0.4) is 0 Å². The number of carbonyl (C=O) groups is 2. The predicted octanol–water partition coefficient (Wildman–Crippen LogP) is 4.35. The van der Waals surface area contributed by atoms with Crippen molar-refractivity contribution in [1.82, 2.24) is 20.1 Å². The fourth-order valence-electron chi connectivity index (χ4n) is 3.75. The molecule has 0 saturated carbocycles. The van der Waals surface area contributed by atoms with E-state index in [0.29, 0.717) is 6.07 Å². The Balaban J connectivity index is 1.73. The molecule has 2 N–H and O–H groups in total. The number of carbonyl (C=O) groups excluding carboxylic acids is 2. The van der Waals surface area contributed by atoms with Crippen LogP contribution in [0, 0.1) is 17.7 Å². The molecule has 38 heavy (non-hydrogen) atoms. The lowest BCUT2D eigenvalue weighted by Crippen LogP contribution is -2.28. The number of hydrogen-bond acceptors (Lipinski definition) is 5. The number of anilines is 1. The van der Waals surface area contributed by atoms with Crippen molar-refractivity contribution < 1.29 is 45.1 Å². The van der Waals surface area contributed by atoms with Gasteiger partial charge in [0.2, 0.25) is 11.8 Å². The van der Waals surface area contributed by atoms with Crippen molar-refractivity contribution in [3.63, 3.8) is 0 Å². The molecule has 15 heteroatoms. The molecule has 4 rings (SSSR count). The molecule has 3 aromatic rings. The highest BCUT2D eigenvalue weighted by Crippen LogP contribution is 2.32. The van der Waals surface area contributed by atoms with Gasteiger partial charge in [-0.15, -0.1) is 5.10 Å². The van der Waals surface area contributed by atoms with E-state index in [9.17, 15) is 40.3 Å². The maximum Gasteiger partial charge on any atom is 0.433 e. The number of hydrogen-bond donors (Lipinski definition) is 2. The van der Waals surface area contributed by atoms with E-state index in [-0.39, 0.29) is 35.2 Å². The van der Waals surface area contributed by atoms with E-state index in [0.717, 1.165) is 35.1 Å². The van der Waals surface area contributed by atoms with Crippen molar-refractivity contribution in [3.05, 3.63) is 54.1 Å². The Morgan fingerprint density at radius 1 is 1.16 bits per heavy atom. The number of nitrogens with zero attached hydrogens (tertiary/aromatic N) is 3. The summed E-state index contributed by atoms with van der Waals surface area (Å²) in [5, 5.41) is 9.22. The minimum Gasteiger partial charge on any atom is -0.484 e. The lowest BCUT2D eigenvalue weighted by Gasteiger charge is -2.12. The molecule has 0 unspecified atom stereocenters. The second kappa shape index (κ2) is 9.95. The molecule has 2 atom stereocenters. The molecule has 2 amide bonds. The topological polar surface area (TPSA) is 98.1 Å². The third-order valence-electron chi connectivity index (χ3n) is 5.66. The zero-order chi connectivity index (χ0) is 27.8. The van der Waals surface area contributed by atoms with Gasteiger partial charge in [-0.05, 0) is 24.3 Å². The molecule has 8 nitrogen and oxygen atoms in total. The van der Waals surface area contributed by atoms with Gasteiger partial charge in [0, 0.05) is 30.2 Å². The molecule has 0 radical (unpaired) electrons. The third kappa shape index (κ3) is 6.03. The number of benzene rings is 1. The molecule has 1 aliphatic heterocycles. The Morgan fingerprint density at radius 2 is 1.89 bits per heavy atom. The Hall–Kier alpha value is -4.17. The zero-order valence-corrected chi connectivity index (χ0v) is 19.3. The molecular weight excluding hydrogens is 527 g/mol. The fourth-order valence-corrected chi connectivity index (χ4v) is 3.75. The summed E-state index contributed by atoms with van der Waals surface area (Å²) in [5.41, 5.74) is -1.28. The number of rotatable bonds is 6. The molecule has 1 aromatic carbocycles. The van der Waals surface area contributed by atoms with Gasteiger partial charge in [0.05, 0.1) is 23.5 Å². The Labute approximate surface area is 209 Å². The van der Waals surface area contributed by atoms with Crippen LogP contribution in [-0.4, -0.2) is 45.9 Å². The predicted molar refractivity (Wildman–Crippen MR) is 118 cm³/mol. The second-order valence-corrected chi connectivity index (χ2v) is 8.44. The Bertz CT molecular complexity index is 1350. The monoisotopic (exact) mass is 545 g/mol. The number of alkyl halides is 6. The van der Waals surface area contributed by atoms with E-state index in [2.05, 4.69) is 25.5 Å². The first kappa shape index (κ1) is 26.9. The summed E-state index contributed by atoms with van der Waals surface area (Å²) in [7, 11) is 0. The van der Waals surface area contributed by atoms with Crippen LogP contribution in [-0.2, 0) is 15.8 Å². The molecule has 2 aromatic heterocycles. The first-order valence-corrected chi connectivity index (χ1v) is 10.9. The molecule has 0 bridgehead atoms. The maximum atomic E-state index is 14.3. The van der Waals surface area contributed by atoms with Gasteiger partial charge in [0.25, 0.3) is 0 Å². The molecule has 3 heterocycles. The fraction of sp³-hybridized carbons (Fsp3) is 0.304. The van der Waals surface area contributed by atoms with Crippen molar-refractivity contribution in [2.45, 2.75) is 19.3 Å². The number of nitrogens with one attached hydrogen (secondary N) is 2. The van der Waals surface area contributed by atoms with Crippen molar-refractivity contribution in [2.24, 2.45) is 11.8 Å². The summed E-state index contributed by atoms with van der Waals surface area (Å²) in [5.74, 6) is -3.81. The second-order valence-electron chi connectivity index (χ2n) is 8.44. The van der Waals surface area contributed by atoms with Gasteiger partial charge < -0.3 is 15.4 Å². The third-order valence-corrected chi connectivity index (χ3v) is 5.66. The van der Waals surface area contributed by atoms with Crippen LogP contribution in [0.1, 0.15) is 12.6 Å². The zero-order valence-electron chi connectivity index (χ0n) is 19.3. The van der Waals surface area contributed by atoms with Gasteiger partial charge in [0.15, 0.2) is 12.4 Å². The highest BCUT2D eigenvalue weighted by molar-refractivity contribution is 5.98. The summed E-state index contributed by atoms with van der Waals surface area (Å²) >= 11 is 0. The maximum absolute atomic E-state index is 14.3. The van der Waals surface area contributed by atoms with Crippen LogP contribution in [0.2, 0.25) is 0 Å². The summed E-state index contributed by atoms with van der Waals surface area (Å²) in [6.45, 7) is -0.0582. The molecular formula is C23H18F7N5O3. The first-order valence-electron chi connectivity index (χ1n) is 10.9. The van der Waals surface area contributed by atoms with E-state index in [1.165, 1.54) is 6.07 Å². The number of aromatic nitrogens is 3. The Morgan fingerprint density at radius 3 is 2.47 bits per heavy atom. The summed E-state index contributed by atoms with van der Waals surface area (Å²) in [6, 6.07) is 5.70. The van der Waals surface area contributed by atoms with Crippen LogP contribution in [0.4, 0.5) is 36.6 Å². The van der Waals surface area contributed by atoms with E-state index >= 15 is 0 Å². The van der Waals surface area contributed by atoms with Crippen LogP contribution in [0.15, 0.2) is 42.6 Å². The molecule has 1 fully saturated rings. The van der Waals surface area contributed by atoms with Crippen LogP contribution >= 0.6 is 0 Å². The van der Waals surface area contributed by atoms with E-state index in [1.807, 2.05) is 0 Å². The van der Waals surface area contributed by atoms with Gasteiger partial charge in [-0.2, -0.15) is 26.3 Å². The number of amides is 2. The van der Waals surface area contributed by atoms with E-state index in [1.54, 1.807) is 6.92 Å². The van der Waals surface area contributed by atoms with Gasteiger partial charge >= 0.3 is 12.4 Å². The van der Waals surface area contributed by atoms with Gasteiger partial charge in [-0.25, -0.2) is 14.1 Å². The number of pyridine rings is 1. The molecule has 1 saturated heterocycles. The van der Waals surface area contributed by atoms with E-state index < -0.39 is 54.0 Å². The van der Waals surface area contributed by atoms with Crippen molar-refractivity contribution in [3.8, 4) is 22.7 Å². The van der Waals surface area contributed by atoms with Crippen molar-refractivity contribution >= 4 is 17.6 Å². The highest BCUT2D eigenvalue weighted by Gasteiger charge is 2.36. The lowest BCUT2D eigenvalue weighted by molar-refractivity contribution is -0.153. The molecule has 0 aliphatic carbocycles. The number of halogens is 7. The van der Waals surface area contributed by atoms with Gasteiger partial charge in [-0.1, -0.05) is 6.92 Å². The first-order chi connectivity index (χ1) is 17.7. The smallest absolute Gasteiger partial charge is 0.433 e. The SMILES string of the molecule is C[C@H]1C(=O)NC[C@@H]1C(=O)Nc1cc(-c2cc(F)cc(OCC(F)(F)F)c2)n(-c2ccc(C(F)(F)F)nc2)n1. The average Bonchev–Trinajstić information content (AvgIpc) is 3.39. The normalized spacial score (nSPS) is 17.8. The summed E-state index contributed by atoms with van der Waals surface area (Å²) < 4.78 is 96.6. The van der Waals surface area contributed by atoms with Crippen molar-refractivity contribution in [2.75, 3.05) is 18.5 Å². The van der Waals surface area contributed by atoms with E-state index in [4.69, 9.17) is 0 Å². The quantitative estimate of drug-likeness (QED) is 0.449. The summed E-state index contributed by atoms with van der Waals surface area (Å²) in [4.78, 5) is 27.8. The average molecular weight is 545 g/mol. The van der Waals surface area contributed by atoms with Gasteiger partial charge in [0.1, 0.15) is 17.3 Å². The lowest BCUT2D eigenvalue weighted by atomic mass is 9.97. The molecule has 202 valence electrons. The minimum atomic E-state index is -4.72. The molecule has 0 spiro atoms. The van der Waals surface area contributed by atoms with Crippen LogP contribution in [0.25, 0.3) is 16.9 Å². The van der Waals surface area contributed by atoms with Crippen LogP contribution < -0.4 is 15.4 Å².